The first kappa shape index (κ1) is 21.1. The number of anilines is 1. The summed E-state index contributed by atoms with van der Waals surface area (Å²) < 4.78 is 8.80. The smallest absolute Gasteiger partial charge is 0.276 e. The first-order valence-electron chi connectivity index (χ1n) is 10.8. The molecule has 0 radical (unpaired) electrons. The number of rotatable bonds is 7. The highest BCUT2D eigenvalue weighted by Crippen LogP contribution is 2.21. The third-order valence-corrected chi connectivity index (χ3v) is 5.22. The Morgan fingerprint density at radius 1 is 0.912 bits per heavy atom. The van der Waals surface area contributed by atoms with E-state index in [0.29, 0.717) is 11.4 Å². The summed E-state index contributed by atoms with van der Waals surface area (Å²) in [5, 5.41) is 7.01. The molecule has 0 atom stereocenters. The Balaban J connectivity index is 1.24. The number of carbonyl (C=O) groups is 1. The Bertz CT molecular complexity index is 1460. The molecule has 0 bridgehead atoms. The van der Waals surface area contributed by atoms with Crippen LogP contribution in [0.25, 0.3) is 16.9 Å². The van der Waals surface area contributed by atoms with Gasteiger partial charge in [-0.2, -0.15) is 5.10 Å². The number of nitrogens with zero attached hydrogens (tertiary/aromatic N) is 4. The summed E-state index contributed by atoms with van der Waals surface area (Å²) in [5.74, 6) is 0.301. The van der Waals surface area contributed by atoms with E-state index in [4.69, 9.17) is 4.74 Å². The lowest BCUT2D eigenvalue weighted by molar-refractivity contribution is 0.101. The van der Waals surface area contributed by atoms with Crippen molar-refractivity contribution in [3.05, 3.63) is 113 Å². The molecule has 0 aliphatic carbocycles. The van der Waals surface area contributed by atoms with Gasteiger partial charge in [0.2, 0.25) is 0 Å². The van der Waals surface area contributed by atoms with E-state index in [-0.39, 0.29) is 24.4 Å². The van der Waals surface area contributed by atoms with Crippen LogP contribution < -0.4 is 15.6 Å². The second kappa shape index (κ2) is 9.41. The molecule has 0 aliphatic rings. The summed E-state index contributed by atoms with van der Waals surface area (Å²) in [6.07, 6.45) is 3.90. The molecular weight excluding hydrogens is 430 g/mol. The third-order valence-electron chi connectivity index (χ3n) is 5.22. The lowest BCUT2D eigenvalue weighted by atomic mass is 10.1. The largest absolute Gasteiger partial charge is 0.492 e. The number of ether oxygens (including phenoxy) is 1. The molecule has 0 unspecified atom stereocenters. The maximum atomic E-state index is 12.7. The van der Waals surface area contributed by atoms with Crippen LogP contribution in [0.3, 0.4) is 0 Å². The second-order valence-electron chi connectivity index (χ2n) is 7.57. The van der Waals surface area contributed by atoms with Crippen LogP contribution >= 0.6 is 0 Å². The minimum absolute atomic E-state index is 0.142. The van der Waals surface area contributed by atoms with Gasteiger partial charge in [0.25, 0.3) is 11.5 Å². The van der Waals surface area contributed by atoms with Crippen LogP contribution in [-0.4, -0.2) is 31.7 Å². The maximum Gasteiger partial charge on any atom is 0.276 e. The lowest BCUT2D eigenvalue weighted by Gasteiger charge is -2.09. The average Bonchev–Trinajstić information content (AvgIpc) is 3.31. The van der Waals surface area contributed by atoms with Crippen LogP contribution in [0, 0.1) is 0 Å². The van der Waals surface area contributed by atoms with Gasteiger partial charge in [-0.25, -0.2) is 9.67 Å². The Hall–Kier alpha value is -4.72. The monoisotopic (exact) mass is 451 g/mol. The number of imidazole rings is 1. The van der Waals surface area contributed by atoms with E-state index in [1.54, 1.807) is 12.1 Å². The van der Waals surface area contributed by atoms with Crippen LogP contribution in [0.5, 0.6) is 5.75 Å². The fraction of sp³-hybridized carbons (Fsp3) is 0.0769. The number of benzene rings is 2. The van der Waals surface area contributed by atoms with E-state index in [9.17, 15) is 9.59 Å². The maximum absolute atomic E-state index is 12.7. The quantitative estimate of drug-likeness (QED) is 0.405. The first-order valence-corrected chi connectivity index (χ1v) is 10.8. The van der Waals surface area contributed by atoms with E-state index in [2.05, 4.69) is 15.4 Å². The van der Waals surface area contributed by atoms with Crippen LogP contribution in [0.2, 0.25) is 0 Å². The number of hydrogen-bond donors (Lipinski definition) is 1. The molecule has 5 aromatic rings. The zero-order valence-electron chi connectivity index (χ0n) is 18.2. The van der Waals surface area contributed by atoms with Gasteiger partial charge < -0.3 is 14.5 Å². The van der Waals surface area contributed by atoms with Gasteiger partial charge in [0.05, 0.1) is 12.2 Å². The van der Waals surface area contributed by atoms with Gasteiger partial charge in [-0.05, 0) is 42.5 Å². The Labute approximate surface area is 195 Å². The number of hydrogen-bond acceptors (Lipinski definition) is 5. The van der Waals surface area contributed by atoms with Crippen LogP contribution in [0.1, 0.15) is 10.5 Å². The molecule has 168 valence electrons. The van der Waals surface area contributed by atoms with Crippen molar-refractivity contribution in [3.63, 3.8) is 0 Å². The van der Waals surface area contributed by atoms with E-state index in [1.807, 2.05) is 77.5 Å². The number of amides is 1. The van der Waals surface area contributed by atoms with Crippen LogP contribution in [0.15, 0.2) is 102 Å². The fourth-order valence-corrected chi connectivity index (χ4v) is 3.49. The molecule has 0 fully saturated rings. The Morgan fingerprint density at radius 2 is 1.71 bits per heavy atom. The van der Waals surface area contributed by atoms with Crippen molar-refractivity contribution >= 4 is 17.2 Å². The highest BCUT2D eigenvalue weighted by molar-refractivity contribution is 6.02. The van der Waals surface area contributed by atoms with Gasteiger partial charge in [0.15, 0.2) is 0 Å². The number of fused-ring (bicyclic) bond motifs is 1. The number of carbonyl (C=O) groups excluding carboxylic acids is 1. The normalized spacial score (nSPS) is 10.8. The lowest BCUT2D eigenvalue weighted by Crippen LogP contribution is -2.28. The second-order valence-corrected chi connectivity index (χ2v) is 7.57. The minimum atomic E-state index is -0.404. The molecule has 1 amide bonds. The molecular formula is C26H21N5O3. The molecule has 34 heavy (non-hydrogen) atoms. The zero-order chi connectivity index (χ0) is 23.3. The van der Waals surface area contributed by atoms with E-state index in [1.165, 1.54) is 16.8 Å². The summed E-state index contributed by atoms with van der Waals surface area (Å²) in [6.45, 7) is 0.481. The van der Waals surface area contributed by atoms with E-state index in [0.717, 1.165) is 16.9 Å². The molecule has 1 N–H and O–H groups in total. The molecule has 3 heterocycles. The predicted octanol–water partition coefficient (Wildman–Crippen LogP) is 3.89. The highest BCUT2D eigenvalue weighted by atomic mass is 16.5. The van der Waals surface area contributed by atoms with Gasteiger partial charge in [-0.15, -0.1) is 0 Å². The van der Waals surface area contributed by atoms with Crippen LogP contribution in [0.4, 0.5) is 5.69 Å². The minimum Gasteiger partial charge on any atom is -0.492 e. The van der Waals surface area contributed by atoms with Crippen LogP contribution in [-0.2, 0) is 6.54 Å². The summed E-state index contributed by atoms with van der Waals surface area (Å²) >= 11 is 0. The van der Waals surface area contributed by atoms with Gasteiger partial charge >= 0.3 is 0 Å². The van der Waals surface area contributed by atoms with Crippen molar-refractivity contribution in [2.45, 2.75) is 6.54 Å². The van der Waals surface area contributed by atoms with Crippen molar-refractivity contribution in [3.8, 4) is 17.0 Å². The molecule has 0 saturated heterocycles. The Morgan fingerprint density at radius 3 is 2.50 bits per heavy atom. The van der Waals surface area contributed by atoms with Crippen molar-refractivity contribution in [2.75, 3.05) is 11.9 Å². The number of para-hydroxylation sites is 1. The molecule has 2 aromatic carbocycles. The molecule has 5 rings (SSSR count). The molecule has 8 nitrogen and oxygen atoms in total. The number of nitrogens with one attached hydrogen (secondary N) is 1. The highest BCUT2D eigenvalue weighted by Gasteiger charge is 2.11. The molecule has 3 aromatic heterocycles. The molecule has 0 aliphatic heterocycles. The van der Waals surface area contributed by atoms with Gasteiger partial charge in [-0.3, -0.25) is 9.59 Å². The first-order chi connectivity index (χ1) is 16.7. The predicted molar refractivity (Wildman–Crippen MR) is 129 cm³/mol. The van der Waals surface area contributed by atoms with Crippen molar-refractivity contribution in [1.29, 1.82) is 0 Å². The molecule has 0 saturated carbocycles. The summed E-state index contributed by atoms with van der Waals surface area (Å²) in [4.78, 5) is 29.5. The van der Waals surface area contributed by atoms with E-state index < -0.39 is 5.91 Å². The Kier molecular flexibility index (Phi) is 5.85. The third kappa shape index (κ3) is 4.71. The topological polar surface area (TPSA) is 90.5 Å². The standard InChI is InChI=1S/C26H21N5O3/c32-25-14-13-22(29-31(25)16-17-34-21-6-2-1-3-7-21)26(33)27-20-11-9-19(10-12-20)23-18-30-15-5-4-8-24(30)28-23/h1-15,18H,16-17H2,(H,27,33). The van der Waals surface area contributed by atoms with Crippen molar-refractivity contribution in [1.82, 2.24) is 19.2 Å². The van der Waals surface area contributed by atoms with Gasteiger partial charge in [-0.1, -0.05) is 36.4 Å². The van der Waals surface area contributed by atoms with Gasteiger partial charge in [0.1, 0.15) is 23.7 Å². The average molecular weight is 451 g/mol. The van der Waals surface area contributed by atoms with Crippen molar-refractivity contribution in [2.24, 2.45) is 0 Å². The summed E-state index contributed by atoms with van der Waals surface area (Å²) in [7, 11) is 0. The molecule has 8 heteroatoms. The SMILES string of the molecule is O=C(Nc1ccc(-c2cn3ccccc3n2)cc1)c1ccc(=O)n(CCOc2ccccc2)n1. The fourth-order valence-electron chi connectivity index (χ4n) is 3.49. The number of aromatic nitrogens is 4. The summed E-state index contributed by atoms with van der Waals surface area (Å²) in [5.41, 5.74) is 3.10. The van der Waals surface area contributed by atoms with Gasteiger partial charge in [0, 0.05) is 29.7 Å². The zero-order valence-corrected chi connectivity index (χ0v) is 18.2. The summed E-state index contributed by atoms with van der Waals surface area (Å²) in [6, 6.07) is 25.3. The number of pyridine rings is 1. The van der Waals surface area contributed by atoms with Crippen molar-refractivity contribution < 1.29 is 9.53 Å². The van der Waals surface area contributed by atoms with E-state index >= 15 is 0 Å². The molecule has 0 spiro atoms.